The van der Waals surface area contributed by atoms with Gasteiger partial charge >= 0.3 is 0 Å². The van der Waals surface area contributed by atoms with Crippen molar-refractivity contribution in [1.29, 1.82) is 5.26 Å². The molecule has 0 unspecified atom stereocenters. The second-order valence-electron chi connectivity index (χ2n) is 10.8. The second kappa shape index (κ2) is 12.6. The molecule has 0 saturated carbocycles. The van der Waals surface area contributed by atoms with E-state index < -0.39 is 0 Å². The van der Waals surface area contributed by atoms with Crippen LogP contribution in [0.25, 0.3) is 50.9 Å². The van der Waals surface area contributed by atoms with E-state index in [1.807, 2.05) is 109 Å². The quantitative estimate of drug-likeness (QED) is 0.188. The van der Waals surface area contributed by atoms with Crippen LogP contribution in [0.4, 0.5) is 0 Å². The molecule has 5 heteroatoms. The summed E-state index contributed by atoms with van der Waals surface area (Å²) in [5.74, 6) is 3.59. The molecule has 0 atom stereocenters. The van der Waals surface area contributed by atoms with Gasteiger partial charge in [-0.3, -0.25) is 0 Å². The third-order valence-corrected chi connectivity index (χ3v) is 7.78. The van der Waals surface area contributed by atoms with Gasteiger partial charge in [-0.2, -0.15) is 5.26 Å². The molecular weight excluding hydrogens is 552 g/mol. The highest BCUT2D eigenvalue weighted by Gasteiger charge is 2.14. The maximum Gasteiger partial charge on any atom is 0.164 e. The molecule has 0 N–H and O–H groups in total. The van der Waals surface area contributed by atoms with Crippen molar-refractivity contribution in [2.45, 2.75) is 12.8 Å². The minimum absolute atomic E-state index is 0.615. The van der Waals surface area contributed by atoms with E-state index in [0.717, 1.165) is 52.2 Å². The Morgan fingerprint density at radius 1 is 0.467 bits per heavy atom. The zero-order valence-corrected chi connectivity index (χ0v) is 24.5. The fourth-order valence-electron chi connectivity index (χ4n) is 5.32. The Hall–Kier alpha value is -6.12. The lowest BCUT2D eigenvalue weighted by atomic mass is 9.94. The van der Waals surface area contributed by atoms with Crippen LogP contribution in [0.15, 0.2) is 151 Å². The first-order chi connectivity index (χ1) is 22.2. The maximum atomic E-state index is 9.04. The molecule has 1 aliphatic carbocycles. The molecule has 0 spiro atoms. The molecule has 1 aromatic heterocycles. The van der Waals surface area contributed by atoms with E-state index in [9.17, 15) is 0 Å². The first-order valence-corrected chi connectivity index (χ1v) is 14.9. The summed E-state index contributed by atoms with van der Waals surface area (Å²) in [5.41, 5.74) is 8.16. The zero-order chi connectivity index (χ0) is 30.4. The third-order valence-electron chi connectivity index (χ3n) is 7.78. The summed E-state index contributed by atoms with van der Waals surface area (Å²) in [5, 5.41) is 9.04. The first kappa shape index (κ1) is 27.7. The summed E-state index contributed by atoms with van der Waals surface area (Å²) in [6.45, 7) is 0. The minimum atomic E-state index is 0.615. The Bertz CT molecular complexity index is 1980. The third kappa shape index (κ3) is 6.31. The van der Waals surface area contributed by atoms with E-state index >= 15 is 0 Å². The molecule has 0 radical (unpaired) electrons. The molecule has 0 saturated heterocycles. The van der Waals surface area contributed by atoms with Crippen LogP contribution < -0.4 is 4.74 Å². The Morgan fingerprint density at radius 3 is 1.42 bits per heavy atom. The molecule has 45 heavy (non-hydrogen) atoms. The van der Waals surface area contributed by atoms with E-state index in [1.165, 1.54) is 11.1 Å². The van der Waals surface area contributed by atoms with Crippen molar-refractivity contribution in [3.63, 3.8) is 0 Å². The van der Waals surface area contributed by atoms with Crippen LogP contribution in [0, 0.1) is 11.3 Å². The number of benzene rings is 5. The van der Waals surface area contributed by atoms with Crippen molar-refractivity contribution in [2.24, 2.45) is 0 Å². The van der Waals surface area contributed by atoms with Crippen LogP contribution in [0.3, 0.4) is 0 Å². The monoisotopic (exact) mass is 580 g/mol. The Morgan fingerprint density at radius 2 is 0.933 bits per heavy atom. The second-order valence-corrected chi connectivity index (χ2v) is 10.8. The average molecular weight is 581 g/mol. The molecule has 5 nitrogen and oxygen atoms in total. The number of ether oxygens (including phenoxy) is 1. The van der Waals surface area contributed by atoms with Crippen molar-refractivity contribution in [1.82, 2.24) is 15.0 Å². The lowest BCUT2D eigenvalue weighted by Crippen LogP contribution is -2.01. The largest absolute Gasteiger partial charge is 0.462 e. The molecule has 6 aromatic rings. The van der Waals surface area contributed by atoms with Crippen molar-refractivity contribution >= 4 is 5.57 Å². The van der Waals surface area contributed by atoms with E-state index in [1.54, 1.807) is 0 Å². The predicted octanol–water partition coefficient (Wildman–Crippen LogP) is 9.55. The standard InChI is InChI=1S/C40H28N4O/c41-27-28-11-13-29(14-12-28)30-15-17-31(18-16-30)32-19-23-36(24-20-32)45-37-25-21-35(22-26-37)40-43-38(33-7-3-1-4-8-33)42-39(44-40)34-9-5-2-6-10-34/h1-19,21-23,25-26H,20,24H2. The molecule has 1 heterocycles. The lowest BCUT2D eigenvalue weighted by molar-refractivity contribution is 0.404. The number of nitriles is 1. The van der Waals surface area contributed by atoms with Crippen molar-refractivity contribution < 1.29 is 4.74 Å². The van der Waals surface area contributed by atoms with Gasteiger partial charge in [-0.1, -0.05) is 103 Å². The van der Waals surface area contributed by atoms with Gasteiger partial charge in [0, 0.05) is 23.1 Å². The maximum absolute atomic E-state index is 9.04. The summed E-state index contributed by atoms with van der Waals surface area (Å²) in [6.07, 6.45) is 5.92. The number of hydrogen-bond donors (Lipinski definition) is 0. The zero-order valence-electron chi connectivity index (χ0n) is 24.5. The predicted molar refractivity (Wildman–Crippen MR) is 179 cm³/mol. The van der Waals surface area contributed by atoms with E-state index in [2.05, 4.69) is 42.5 Å². The van der Waals surface area contributed by atoms with Gasteiger partial charge in [0.05, 0.1) is 11.6 Å². The first-order valence-electron chi connectivity index (χ1n) is 14.9. The molecular formula is C40H28N4O. The topological polar surface area (TPSA) is 71.7 Å². The molecule has 7 rings (SSSR count). The van der Waals surface area contributed by atoms with Crippen LogP contribution >= 0.6 is 0 Å². The summed E-state index contributed by atoms with van der Waals surface area (Å²) in [6, 6.07) is 46.3. The normalized spacial score (nSPS) is 12.5. The Labute approximate surface area is 262 Å². The molecule has 0 aliphatic heterocycles. The highest BCUT2D eigenvalue weighted by molar-refractivity contribution is 5.73. The SMILES string of the molecule is N#Cc1ccc(-c2ccc(C3=CC=C(Oc4ccc(-c5nc(-c6ccccc6)nc(-c6ccccc6)n5)cc4)CC3)cc2)cc1. The van der Waals surface area contributed by atoms with Gasteiger partial charge in [0.2, 0.25) is 0 Å². The van der Waals surface area contributed by atoms with Gasteiger partial charge < -0.3 is 4.74 Å². The summed E-state index contributed by atoms with van der Waals surface area (Å²) in [7, 11) is 0. The van der Waals surface area contributed by atoms with Crippen molar-refractivity contribution in [2.75, 3.05) is 0 Å². The van der Waals surface area contributed by atoms with Gasteiger partial charge in [-0.15, -0.1) is 0 Å². The summed E-state index contributed by atoms with van der Waals surface area (Å²) < 4.78 is 6.25. The highest BCUT2D eigenvalue weighted by Crippen LogP contribution is 2.31. The van der Waals surface area contributed by atoms with Gasteiger partial charge in [0.1, 0.15) is 11.5 Å². The number of aromatic nitrogens is 3. The highest BCUT2D eigenvalue weighted by atomic mass is 16.5. The smallest absolute Gasteiger partial charge is 0.164 e. The van der Waals surface area contributed by atoms with Crippen LogP contribution in [0.1, 0.15) is 24.0 Å². The van der Waals surface area contributed by atoms with Crippen LogP contribution in [0.2, 0.25) is 0 Å². The Balaban J connectivity index is 1.07. The molecule has 0 amide bonds. The number of allylic oxidation sites excluding steroid dienone is 4. The van der Waals surface area contributed by atoms with E-state index in [4.69, 9.17) is 25.0 Å². The van der Waals surface area contributed by atoms with Gasteiger partial charge in [0.15, 0.2) is 17.5 Å². The Kier molecular flexibility index (Phi) is 7.77. The van der Waals surface area contributed by atoms with Crippen molar-refractivity contribution in [3.8, 4) is 57.1 Å². The molecule has 5 aromatic carbocycles. The van der Waals surface area contributed by atoms with Crippen molar-refractivity contribution in [3.05, 3.63) is 162 Å². The van der Waals surface area contributed by atoms with Gasteiger partial charge in [0.25, 0.3) is 0 Å². The molecule has 1 aliphatic rings. The fraction of sp³-hybridized carbons (Fsp3) is 0.0500. The molecule has 214 valence electrons. The number of rotatable bonds is 7. The number of nitrogens with zero attached hydrogens (tertiary/aromatic N) is 4. The van der Waals surface area contributed by atoms with E-state index in [-0.39, 0.29) is 0 Å². The number of hydrogen-bond acceptors (Lipinski definition) is 5. The van der Waals surface area contributed by atoms with Gasteiger partial charge in [-0.25, -0.2) is 15.0 Å². The minimum Gasteiger partial charge on any atom is -0.462 e. The van der Waals surface area contributed by atoms with Crippen LogP contribution in [-0.4, -0.2) is 15.0 Å². The van der Waals surface area contributed by atoms with Crippen LogP contribution in [-0.2, 0) is 0 Å². The summed E-state index contributed by atoms with van der Waals surface area (Å²) in [4.78, 5) is 14.4. The van der Waals surface area contributed by atoms with Crippen LogP contribution in [0.5, 0.6) is 5.75 Å². The fourth-order valence-corrected chi connectivity index (χ4v) is 5.32. The van der Waals surface area contributed by atoms with Gasteiger partial charge in [-0.05, 0) is 71.2 Å². The molecule has 0 fully saturated rings. The van der Waals surface area contributed by atoms with E-state index in [0.29, 0.717) is 23.0 Å². The summed E-state index contributed by atoms with van der Waals surface area (Å²) >= 11 is 0. The lowest BCUT2D eigenvalue weighted by Gasteiger charge is -2.16. The molecule has 0 bridgehead atoms. The average Bonchev–Trinajstić information content (AvgIpc) is 3.13.